The molecule has 1 heterocycles. The normalized spacial score (nSPS) is 19.0. The van der Waals surface area contributed by atoms with Crippen LogP contribution >= 0.6 is 11.8 Å². The van der Waals surface area contributed by atoms with Gasteiger partial charge in [-0.3, -0.25) is 9.59 Å². The second kappa shape index (κ2) is 7.96. The average Bonchev–Trinajstić information content (AvgIpc) is 2.82. The molecule has 1 aliphatic rings. The second-order valence-electron chi connectivity index (χ2n) is 5.26. The molecule has 8 heteroatoms. The van der Waals surface area contributed by atoms with E-state index < -0.39 is 11.2 Å². The molecule has 1 atom stereocenters. The van der Waals surface area contributed by atoms with Gasteiger partial charge in [-0.05, 0) is 49.6 Å². The van der Waals surface area contributed by atoms with Gasteiger partial charge in [-0.2, -0.15) is 5.10 Å². The SMILES string of the molecule is CCOc1c(C)cc(C=NN=C2NC(=O)C(CC(=O)O)S2)cc1C. The molecule has 0 aliphatic carbocycles. The van der Waals surface area contributed by atoms with E-state index in [1.165, 1.54) is 0 Å². The highest BCUT2D eigenvalue weighted by Crippen LogP contribution is 2.24. The van der Waals surface area contributed by atoms with Gasteiger partial charge < -0.3 is 15.2 Å². The van der Waals surface area contributed by atoms with Gasteiger partial charge in [0.1, 0.15) is 11.0 Å². The Bertz CT molecular complexity index is 692. The first-order chi connectivity index (χ1) is 11.4. The Morgan fingerprint density at radius 1 is 1.42 bits per heavy atom. The van der Waals surface area contributed by atoms with Crippen molar-refractivity contribution in [1.29, 1.82) is 0 Å². The van der Waals surface area contributed by atoms with Gasteiger partial charge in [-0.25, -0.2) is 0 Å². The number of amides is 1. The number of rotatable bonds is 6. The lowest BCUT2D eigenvalue weighted by atomic mass is 10.1. The molecular weight excluding hydrogens is 330 g/mol. The van der Waals surface area contributed by atoms with E-state index in [1.54, 1.807) is 6.21 Å². The molecule has 1 aliphatic heterocycles. The lowest BCUT2D eigenvalue weighted by molar-refractivity contribution is -0.138. The maximum Gasteiger partial charge on any atom is 0.305 e. The van der Waals surface area contributed by atoms with Gasteiger partial charge in [0.2, 0.25) is 5.91 Å². The number of aryl methyl sites for hydroxylation is 2. The fourth-order valence-corrected chi connectivity index (χ4v) is 3.24. The summed E-state index contributed by atoms with van der Waals surface area (Å²) >= 11 is 1.07. The van der Waals surface area contributed by atoms with Gasteiger partial charge in [0.05, 0.1) is 19.2 Å². The number of nitrogens with one attached hydrogen (secondary N) is 1. The van der Waals surface area contributed by atoms with Crippen molar-refractivity contribution in [2.75, 3.05) is 6.61 Å². The number of ether oxygens (including phenoxy) is 1. The van der Waals surface area contributed by atoms with Crippen LogP contribution in [0.25, 0.3) is 0 Å². The Morgan fingerprint density at radius 2 is 2.08 bits per heavy atom. The quantitative estimate of drug-likeness (QED) is 0.605. The van der Waals surface area contributed by atoms with E-state index in [0.29, 0.717) is 11.8 Å². The molecule has 0 aromatic heterocycles. The molecule has 128 valence electrons. The van der Waals surface area contributed by atoms with Gasteiger partial charge >= 0.3 is 5.97 Å². The van der Waals surface area contributed by atoms with Crippen LogP contribution in [0.5, 0.6) is 5.75 Å². The fraction of sp³-hybridized carbons (Fsp3) is 0.375. The monoisotopic (exact) mass is 349 g/mol. The topological polar surface area (TPSA) is 100 Å². The molecule has 1 amide bonds. The molecule has 1 saturated heterocycles. The molecule has 1 aromatic carbocycles. The van der Waals surface area contributed by atoms with Gasteiger partial charge in [0.25, 0.3) is 0 Å². The maximum absolute atomic E-state index is 11.6. The number of benzene rings is 1. The van der Waals surface area contributed by atoms with Gasteiger partial charge in [0.15, 0.2) is 5.17 Å². The zero-order valence-corrected chi connectivity index (χ0v) is 14.5. The third-order valence-corrected chi connectivity index (χ3v) is 4.34. The molecule has 0 bridgehead atoms. The van der Waals surface area contributed by atoms with Crippen LogP contribution in [0, 0.1) is 13.8 Å². The summed E-state index contributed by atoms with van der Waals surface area (Å²) in [6, 6.07) is 3.88. The number of carboxylic acid groups (broad SMARTS) is 1. The first-order valence-electron chi connectivity index (χ1n) is 7.45. The minimum Gasteiger partial charge on any atom is -0.493 e. The van der Waals surface area contributed by atoms with Crippen LogP contribution in [0.4, 0.5) is 0 Å². The number of amidine groups is 1. The highest BCUT2D eigenvalue weighted by atomic mass is 32.2. The Balaban J connectivity index is 2.07. The zero-order chi connectivity index (χ0) is 17.7. The highest BCUT2D eigenvalue weighted by Gasteiger charge is 2.32. The highest BCUT2D eigenvalue weighted by molar-refractivity contribution is 8.15. The standard InChI is InChI=1S/C16H19N3O4S/c1-4-23-14-9(2)5-11(6-10(14)3)8-17-19-16-18-15(22)12(24-16)7-13(20)21/h5-6,8,12H,4,7H2,1-3H3,(H,20,21)(H,18,19,22). The van der Waals surface area contributed by atoms with Crippen molar-refractivity contribution in [2.24, 2.45) is 10.2 Å². The second-order valence-corrected chi connectivity index (χ2v) is 6.45. The number of hydrogen-bond donors (Lipinski definition) is 2. The van der Waals surface area contributed by atoms with Crippen molar-refractivity contribution in [3.8, 4) is 5.75 Å². The minimum atomic E-state index is -1.02. The molecule has 24 heavy (non-hydrogen) atoms. The lowest BCUT2D eigenvalue weighted by Crippen LogP contribution is -2.26. The maximum atomic E-state index is 11.6. The summed E-state index contributed by atoms with van der Waals surface area (Å²) in [5.41, 5.74) is 2.89. The summed E-state index contributed by atoms with van der Waals surface area (Å²) in [5.74, 6) is -0.507. The number of carboxylic acids is 1. The number of nitrogens with zero attached hydrogens (tertiary/aromatic N) is 2. The van der Waals surface area contributed by atoms with E-state index in [2.05, 4.69) is 15.5 Å². The largest absolute Gasteiger partial charge is 0.493 e. The molecular formula is C16H19N3O4S. The molecule has 2 N–H and O–H groups in total. The van der Waals surface area contributed by atoms with E-state index in [4.69, 9.17) is 9.84 Å². The van der Waals surface area contributed by atoms with Crippen LogP contribution in [0.15, 0.2) is 22.3 Å². The van der Waals surface area contributed by atoms with E-state index in [-0.39, 0.29) is 12.3 Å². The number of thioether (sulfide) groups is 1. The van der Waals surface area contributed by atoms with E-state index >= 15 is 0 Å². The van der Waals surface area contributed by atoms with Gasteiger partial charge in [-0.15, -0.1) is 5.10 Å². The molecule has 1 aromatic rings. The van der Waals surface area contributed by atoms with Crippen molar-refractivity contribution < 1.29 is 19.4 Å². The molecule has 0 spiro atoms. The van der Waals surface area contributed by atoms with Crippen molar-refractivity contribution >= 4 is 35.0 Å². The summed E-state index contributed by atoms with van der Waals surface area (Å²) in [6.07, 6.45) is 1.34. The van der Waals surface area contributed by atoms with Crippen molar-refractivity contribution in [3.05, 3.63) is 28.8 Å². The fourth-order valence-electron chi connectivity index (χ4n) is 2.32. The zero-order valence-electron chi connectivity index (χ0n) is 13.7. The molecule has 0 saturated carbocycles. The molecule has 0 radical (unpaired) electrons. The summed E-state index contributed by atoms with van der Waals surface area (Å²) in [7, 11) is 0. The van der Waals surface area contributed by atoms with Crippen molar-refractivity contribution in [3.63, 3.8) is 0 Å². The van der Waals surface area contributed by atoms with Crippen molar-refractivity contribution in [2.45, 2.75) is 32.4 Å². The molecule has 1 fully saturated rings. The third-order valence-electron chi connectivity index (χ3n) is 3.26. The third kappa shape index (κ3) is 4.58. The predicted molar refractivity (Wildman–Crippen MR) is 93.9 cm³/mol. The van der Waals surface area contributed by atoms with Crippen LogP contribution in [0.2, 0.25) is 0 Å². The summed E-state index contributed by atoms with van der Waals surface area (Å²) in [4.78, 5) is 22.3. The summed E-state index contributed by atoms with van der Waals surface area (Å²) in [5, 5.41) is 18.8. The summed E-state index contributed by atoms with van der Waals surface area (Å²) in [6.45, 7) is 6.47. The predicted octanol–water partition coefficient (Wildman–Crippen LogP) is 2.10. The average molecular weight is 349 g/mol. The molecule has 1 unspecified atom stereocenters. The van der Waals surface area contributed by atoms with E-state index in [0.717, 1.165) is 34.2 Å². The van der Waals surface area contributed by atoms with Crippen LogP contribution in [0.3, 0.4) is 0 Å². The van der Waals surface area contributed by atoms with Crippen LogP contribution in [-0.4, -0.2) is 40.2 Å². The summed E-state index contributed by atoms with van der Waals surface area (Å²) < 4.78 is 5.59. The first-order valence-corrected chi connectivity index (χ1v) is 8.33. The van der Waals surface area contributed by atoms with Gasteiger partial charge in [0, 0.05) is 0 Å². The van der Waals surface area contributed by atoms with Crippen molar-refractivity contribution in [1.82, 2.24) is 5.32 Å². The Morgan fingerprint density at radius 3 is 2.67 bits per heavy atom. The number of carbonyl (C=O) groups excluding carboxylic acids is 1. The number of carbonyl (C=O) groups is 2. The molecule has 2 rings (SSSR count). The first kappa shape index (κ1) is 18.0. The lowest BCUT2D eigenvalue weighted by Gasteiger charge is -2.11. The Labute approximate surface area is 144 Å². The van der Waals surface area contributed by atoms with Crippen LogP contribution in [-0.2, 0) is 9.59 Å². The smallest absolute Gasteiger partial charge is 0.305 e. The Kier molecular flexibility index (Phi) is 5.97. The molecule has 7 nitrogen and oxygen atoms in total. The van der Waals surface area contributed by atoms with E-state index in [1.807, 2.05) is 32.9 Å². The number of hydrogen-bond acceptors (Lipinski definition) is 6. The van der Waals surface area contributed by atoms with Crippen LogP contribution in [0.1, 0.15) is 30.0 Å². The number of aliphatic carboxylic acids is 1. The van der Waals surface area contributed by atoms with Gasteiger partial charge in [-0.1, -0.05) is 11.8 Å². The minimum absolute atomic E-state index is 0.240. The Hall–Kier alpha value is -2.35. The van der Waals surface area contributed by atoms with E-state index in [9.17, 15) is 9.59 Å². The van der Waals surface area contributed by atoms with Crippen LogP contribution < -0.4 is 10.1 Å².